The van der Waals surface area contributed by atoms with Crippen LogP contribution in [-0.2, 0) is 4.74 Å². The molecule has 1 aliphatic carbocycles. The van der Waals surface area contributed by atoms with E-state index in [4.69, 9.17) is 10.5 Å². The van der Waals surface area contributed by atoms with Crippen LogP contribution in [0.25, 0.3) is 0 Å². The van der Waals surface area contributed by atoms with Gasteiger partial charge in [0.15, 0.2) is 0 Å². The van der Waals surface area contributed by atoms with E-state index in [0.717, 1.165) is 6.42 Å². The van der Waals surface area contributed by atoms with Gasteiger partial charge in [0, 0.05) is 19.0 Å². The SMILES string of the molecule is CC(C)(C)OC(=O)N1CC2CC2C(F)(CN)C1. The standard InChI is InChI=1S/C12H21FN2O2/c1-11(2,3)17-10(16)15-5-8-4-9(8)12(13,6-14)7-15/h8-9H,4-7,14H2,1-3H3. The van der Waals surface area contributed by atoms with E-state index in [-0.39, 0.29) is 24.9 Å². The highest BCUT2D eigenvalue weighted by molar-refractivity contribution is 5.68. The number of hydrogen-bond acceptors (Lipinski definition) is 3. The Bertz CT molecular complexity index is 329. The molecular weight excluding hydrogens is 223 g/mol. The third-order valence-corrected chi connectivity index (χ3v) is 3.49. The van der Waals surface area contributed by atoms with Gasteiger partial charge >= 0.3 is 6.09 Å². The molecule has 0 radical (unpaired) electrons. The lowest BCUT2D eigenvalue weighted by molar-refractivity contribution is -0.00673. The second-order valence-electron chi connectivity index (χ2n) is 6.20. The van der Waals surface area contributed by atoms with Crippen LogP contribution in [0.5, 0.6) is 0 Å². The molecule has 2 aliphatic rings. The van der Waals surface area contributed by atoms with Crippen molar-refractivity contribution in [2.75, 3.05) is 19.6 Å². The van der Waals surface area contributed by atoms with E-state index in [1.165, 1.54) is 4.90 Å². The minimum Gasteiger partial charge on any atom is -0.444 e. The second-order valence-corrected chi connectivity index (χ2v) is 6.20. The Labute approximate surface area is 101 Å². The first-order valence-corrected chi connectivity index (χ1v) is 6.12. The summed E-state index contributed by atoms with van der Waals surface area (Å²) in [5, 5.41) is 0. The number of nitrogens with zero attached hydrogens (tertiary/aromatic N) is 1. The molecule has 0 bridgehead atoms. The molecule has 3 atom stereocenters. The molecule has 3 unspecified atom stereocenters. The van der Waals surface area contributed by atoms with Gasteiger partial charge in [-0.3, -0.25) is 0 Å². The van der Waals surface area contributed by atoms with E-state index in [1.807, 2.05) is 0 Å². The van der Waals surface area contributed by atoms with Crippen LogP contribution in [0.2, 0.25) is 0 Å². The van der Waals surface area contributed by atoms with E-state index >= 15 is 0 Å². The van der Waals surface area contributed by atoms with Crippen molar-refractivity contribution in [3.05, 3.63) is 0 Å². The van der Waals surface area contributed by atoms with Crippen LogP contribution in [0.15, 0.2) is 0 Å². The number of rotatable bonds is 1. The number of piperidine rings is 1. The van der Waals surface area contributed by atoms with Crippen molar-refractivity contribution in [1.82, 2.24) is 4.90 Å². The first kappa shape index (κ1) is 12.6. The van der Waals surface area contributed by atoms with E-state index < -0.39 is 17.4 Å². The topological polar surface area (TPSA) is 55.6 Å². The molecule has 0 spiro atoms. The van der Waals surface area contributed by atoms with Gasteiger partial charge in [-0.1, -0.05) is 0 Å². The molecule has 4 nitrogen and oxygen atoms in total. The maximum atomic E-state index is 14.4. The van der Waals surface area contributed by atoms with Crippen LogP contribution < -0.4 is 5.73 Å². The molecule has 1 saturated heterocycles. The largest absolute Gasteiger partial charge is 0.444 e. The number of carbonyl (C=O) groups excluding carboxylic acids is 1. The fourth-order valence-corrected chi connectivity index (χ4v) is 2.55. The van der Waals surface area contributed by atoms with Crippen molar-refractivity contribution in [2.45, 2.75) is 38.5 Å². The number of hydrogen-bond donors (Lipinski definition) is 1. The average Bonchev–Trinajstić information content (AvgIpc) is 2.95. The van der Waals surface area contributed by atoms with Crippen LogP contribution in [0.3, 0.4) is 0 Å². The van der Waals surface area contributed by atoms with Gasteiger partial charge in [0.25, 0.3) is 0 Å². The van der Waals surface area contributed by atoms with Gasteiger partial charge in [-0.2, -0.15) is 0 Å². The van der Waals surface area contributed by atoms with Gasteiger partial charge < -0.3 is 15.4 Å². The molecule has 98 valence electrons. The van der Waals surface area contributed by atoms with Crippen molar-refractivity contribution >= 4 is 6.09 Å². The lowest BCUT2D eigenvalue weighted by Gasteiger charge is -2.37. The summed E-state index contributed by atoms with van der Waals surface area (Å²) in [5.74, 6) is 0.316. The first-order valence-electron chi connectivity index (χ1n) is 6.12. The van der Waals surface area contributed by atoms with Gasteiger partial charge in [-0.15, -0.1) is 0 Å². The number of halogens is 1. The first-order chi connectivity index (χ1) is 7.75. The molecule has 1 saturated carbocycles. The highest BCUT2D eigenvalue weighted by Gasteiger charge is 2.58. The summed E-state index contributed by atoms with van der Waals surface area (Å²) >= 11 is 0. The zero-order valence-corrected chi connectivity index (χ0v) is 10.7. The Kier molecular flexibility index (Phi) is 2.84. The summed E-state index contributed by atoms with van der Waals surface area (Å²) in [6.07, 6.45) is 0.408. The molecule has 2 N–H and O–H groups in total. The third-order valence-electron chi connectivity index (χ3n) is 3.49. The molecule has 0 aromatic heterocycles. The van der Waals surface area contributed by atoms with Crippen molar-refractivity contribution in [3.63, 3.8) is 0 Å². The molecule has 5 heteroatoms. The van der Waals surface area contributed by atoms with Crippen LogP contribution in [0.4, 0.5) is 9.18 Å². The lowest BCUT2D eigenvalue weighted by atomic mass is 9.94. The lowest BCUT2D eigenvalue weighted by Crippen LogP contribution is -2.54. The van der Waals surface area contributed by atoms with Crippen molar-refractivity contribution in [3.8, 4) is 0 Å². The minimum atomic E-state index is -1.42. The van der Waals surface area contributed by atoms with Crippen LogP contribution in [0, 0.1) is 11.8 Å². The molecule has 17 heavy (non-hydrogen) atoms. The number of ether oxygens (including phenoxy) is 1. The molecule has 2 fully saturated rings. The van der Waals surface area contributed by atoms with E-state index in [2.05, 4.69) is 0 Å². The third kappa shape index (κ3) is 2.54. The maximum absolute atomic E-state index is 14.4. The van der Waals surface area contributed by atoms with Gasteiger partial charge in [-0.05, 0) is 33.1 Å². The van der Waals surface area contributed by atoms with Gasteiger partial charge in [0.1, 0.15) is 11.3 Å². The van der Waals surface area contributed by atoms with Crippen molar-refractivity contribution in [2.24, 2.45) is 17.6 Å². The second kappa shape index (κ2) is 3.83. The number of fused-ring (bicyclic) bond motifs is 1. The number of carbonyl (C=O) groups is 1. The maximum Gasteiger partial charge on any atom is 0.410 e. The van der Waals surface area contributed by atoms with E-state index in [0.29, 0.717) is 6.54 Å². The Morgan fingerprint density at radius 2 is 2.24 bits per heavy atom. The highest BCUT2D eigenvalue weighted by atomic mass is 19.1. The summed E-state index contributed by atoms with van der Waals surface area (Å²) in [7, 11) is 0. The monoisotopic (exact) mass is 244 g/mol. The number of nitrogens with two attached hydrogens (primary N) is 1. The summed E-state index contributed by atoms with van der Waals surface area (Å²) in [5.41, 5.74) is 3.53. The summed E-state index contributed by atoms with van der Waals surface area (Å²) in [6.45, 7) is 6.07. The van der Waals surface area contributed by atoms with Crippen LogP contribution in [-0.4, -0.2) is 41.9 Å². The highest BCUT2D eigenvalue weighted by Crippen LogP contribution is 2.51. The van der Waals surface area contributed by atoms with E-state index in [1.54, 1.807) is 20.8 Å². The molecule has 0 aromatic carbocycles. The Balaban J connectivity index is 2.01. The molecule has 1 amide bonds. The number of likely N-dealkylation sites (tertiary alicyclic amines) is 1. The fraction of sp³-hybridized carbons (Fsp3) is 0.917. The molecular formula is C12H21FN2O2. The number of amides is 1. The zero-order valence-electron chi connectivity index (χ0n) is 10.7. The van der Waals surface area contributed by atoms with Crippen molar-refractivity contribution < 1.29 is 13.9 Å². The predicted molar refractivity (Wildman–Crippen MR) is 62.3 cm³/mol. The van der Waals surface area contributed by atoms with Gasteiger partial charge in [0.2, 0.25) is 0 Å². The molecule has 1 heterocycles. The molecule has 0 aromatic rings. The Morgan fingerprint density at radius 3 is 2.76 bits per heavy atom. The average molecular weight is 244 g/mol. The predicted octanol–water partition coefficient (Wildman–Crippen LogP) is 1.54. The van der Waals surface area contributed by atoms with Crippen LogP contribution >= 0.6 is 0 Å². The minimum absolute atomic E-state index is 0.0204. The summed E-state index contributed by atoms with van der Waals surface area (Å²) in [4.78, 5) is 13.3. The quantitative estimate of drug-likeness (QED) is 0.761. The van der Waals surface area contributed by atoms with Gasteiger partial charge in [-0.25, -0.2) is 9.18 Å². The number of alkyl halides is 1. The van der Waals surface area contributed by atoms with Gasteiger partial charge in [0.05, 0.1) is 6.54 Å². The zero-order chi connectivity index (χ0) is 12.8. The van der Waals surface area contributed by atoms with Crippen molar-refractivity contribution in [1.29, 1.82) is 0 Å². The Morgan fingerprint density at radius 1 is 1.59 bits per heavy atom. The molecule has 1 aliphatic heterocycles. The summed E-state index contributed by atoms with van der Waals surface area (Å²) < 4.78 is 19.7. The molecule has 2 rings (SSSR count). The fourth-order valence-electron chi connectivity index (χ4n) is 2.55. The smallest absolute Gasteiger partial charge is 0.410 e. The van der Waals surface area contributed by atoms with E-state index in [9.17, 15) is 9.18 Å². The normalized spacial score (nSPS) is 36.4. The summed E-state index contributed by atoms with van der Waals surface area (Å²) in [6, 6.07) is 0. The Hall–Kier alpha value is -0.840. The van der Waals surface area contributed by atoms with Crippen LogP contribution in [0.1, 0.15) is 27.2 Å².